The Labute approximate surface area is 180 Å². The third-order valence-corrected chi connectivity index (χ3v) is 4.92. The number of carbonyl (C=O) groups excluding carboxylic acids is 2. The van der Waals surface area contributed by atoms with Crippen LogP contribution in [-0.4, -0.2) is 17.9 Å². The summed E-state index contributed by atoms with van der Waals surface area (Å²) in [5.74, 6) is 0.188. The Balaban J connectivity index is 1.40. The van der Waals surface area contributed by atoms with Gasteiger partial charge in [-0.3, -0.25) is 9.59 Å². The van der Waals surface area contributed by atoms with E-state index < -0.39 is 0 Å². The molecule has 3 aromatic carbocycles. The second-order valence-electron chi connectivity index (χ2n) is 7.23. The molecule has 30 heavy (non-hydrogen) atoms. The van der Waals surface area contributed by atoms with E-state index in [0.29, 0.717) is 34.2 Å². The van der Waals surface area contributed by atoms with Crippen molar-refractivity contribution in [3.05, 3.63) is 94.5 Å². The van der Waals surface area contributed by atoms with Crippen molar-refractivity contribution in [1.82, 2.24) is 5.32 Å². The predicted octanol–water partition coefficient (Wildman–Crippen LogP) is 5.06. The molecule has 6 heteroatoms. The Bertz CT molecular complexity index is 1080. The summed E-state index contributed by atoms with van der Waals surface area (Å²) in [6, 6.07) is 21.6. The lowest BCUT2D eigenvalue weighted by atomic mass is 10.1. The summed E-state index contributed by atoms with van der Waals surface area (Å²) >= 11 is 6.00. The molecule has 1 aliphatic carbocycles. The maximum atomic E-state index is 12.7. The highest BCUT2D eigenvalue weighted by Crippen LogP contribution is 2.21. The van der Waals surface area contributed by atoms with Gasteiger partial charge in [0.05, 0.1) is 0 Å². The molecule has 2 amide bonds. The molecule has 0 unspecified atom stereocenters. The normalized spacial score (nSPS) is 12.8. The quantitative estimate of drug-likeness (QED) is 0.561. The molecular weight excluding hydrogens is 400 g/mol. The molecule has 0 aromatic heterocycles. The number of ether oxygens (including phenoxy) is 1. The Kier molecular flexibility index (Phi) is 6.00. The minimum absolute atomic E-state index is 0.120. The molecular formula is C24H21ClN2O3. The minimum Gasteiger partial charge on any atom is -0.489 e. The lowest BCUT2D eigenvalue weighted by Gasteiger charge is -2.10. The molecule has 1 fully saturated rings. The van der Waals surface area contributed by atoms with Gasteiger partial charge in [-0.25, -0.2) is 0 Å². The topological polar surface area (TPSA) is 67.4 Å². The van der Waals surface area contributed by atoms with Gasteiger partial charge < -0.3 is 15.4 Å². The van der Waals surface area contributed by atoms with Crippen LogP contribution in [0.1, 0.15) is 39.1 Å². The summed E-state index contributed by atoms with van der Waals surface area (Å²) in [6.45, 7) is 0.351. The van der Waals surface area contributed by atoms with Crippen LogP contribution in [0.2, 0.25) is 5.02 Å². The van der Waals surface area contributed by atoms with Crippen molar-refractivity contribution in [2.75, 3.05) is 5.32 Å². The molecule has 0 radical (unpaired) electrons. The molecule has 0 heterocycles. The lowest BCUT2D eigenvalue weighted by Crippen LogP contribution is -2.25. The summed E-state index contributed by atoms with van der Waals surface area (Å²) in [5, 5.41) is 6.43. The predicted molar refractivity (Wildman–Crippen MR) is 117 cm³/mol. The molecule has 1 aliphatic rings. The number of hydrogen-bond donors (Lipinski definition) is 2. The Hall–Kier alpha value is -3.31. The van der Waals surface area contributed by atoms with Gasteiger partial charge in [0.1, 0.15) is 12.4 Å². The van der Waals surface area contributed by atoms with Crippen molar-refractivity contribution >= 4 is 29.1 Å². The molecule has 0 atom stereocenters. The average Bonchev–Trinajstić information content (AvgIpc) is 3.57. The second-order valence-corrected chi connectivity index (χ2v) is 7.67. The maximum Gasteiger partial charge on any atom is 0.255 e. The van der Waals surface area contributed by atoms with Gasteiger partial charge in [0, 0.05) is 27.9 Å². The number of hydrogen-bond acceptors (Lipinski definition) is 3. The number of carbonyl (C=O) groups is 2. The third kappa shape index (κ3) is 5.39. The van der Waals surface area contributed by atoms with Gasteiger partial charge in [-0.1, -0.05) is 35.9 Å². The highest BCUT2D eigenvalue weighted by Gasteiger charge is 2.23. The fourth-order valence-electron chi connectivity index (χ4n) is 2.96. The third-order valence-electron chi connectivity index (χ3n) is 4.69. The van der Waals surface area contributed by atoms with Gasteiger partial charge in [0.15, 0.2) is 0 Å². The number of rotatable bonds is 7. The van der Waals surface area contributed by atoms with Gasteiger partial charge in [-0.2, -0.15) is 0 Å². The van der Waals surface area contributed by atoms with Crippen molar-refractivity contribution < 1.29 is 14.3 Å². The van der Waals surface area contributed by atoms with Crippen LogP contribution in [0.4, 0.5) is 5.69 Å². The SMILES string of the molecule is O=C(Nc1cccc(C(=O)NC2CC2)c1)c1cccc(OCc2cccc(Cl)c2)c1. The molecule has 152 valence electrons. The Morgan fingerprint density at radius 3 is 2.40 bits per heavy atom. The molecule has 4 rings (SSSR count). The molecule has 0 spiro atoms. The molecule has 5 nitrogen and oxygen atoms in total. The minimum atomic E-state index is -0.275. The molecule has 3 aromatic rings. The molecule has 0 aliphatic heterocycles. The van der Waals surface area contributed by atoms with Crippen LogP contribution in [-0.2, 0) is 6.61 Å². The highest BCUT2D eigenvalue weighted by molar-refractivity contribution is 6.30. The smallest absolute Gasteiger partial charge is 0.255 e. The zero-order valence-electron chi connectivity index (χ0n) is 16.2. The van der Waals surface area contributed by atoms with Crippen LogP contribution in [0.3, 0.4) is 0 Å². The Morgan fingerprint density at radius 1 is 0.900 bits per heavy atom. The van der Waals surface area contributed by atoms with E-state index in [2.05, 4.69) is 10.6 Å². The first-order valence-electron chi connectivity index (χ1n) is 9.76. The zero-order valence-corrected chi connectivity index (χ0v) is 17.0. The van der Waals surface area contributed by atoms with E-state index >= 15 is 0 Å². The molecule has 0 bridgehead atoms. The maximum absolute atomic E-state index is 12.7. The van der Waals surface area contributed by atoms with Gasteiger partial charge in [0.2, 0.25) is 0 Å². The van der Waals surface area contributed by atoms with Gasteiger partial charge in [-0.15, -0.1) is 0 Å². The number of nitrogens with one attached hydrogen (secondary N) is 2. The van der Waals surface area contributed by atoms with Crippen molar-refractivity contribution in [2.45, 2.75) is 25.5 Å². The van der Waals surface area contributed by atoms with Crippen molar-refractivity contribution in [3.8, 4) is 5.75 Å². The van der Waals surface area contributed by atoms with E-state index in [0.717, 1.165) is 18.4 Å². The standard InChI is InChI=1S/C24H21ClN2O3/c25-19-7-1-4-16(12-19)15-30-22-9-3-6-18(14-22)24(29)27-21-8-2-5-17(13-21)23(28)26-20-10-11-20/h1-9,12-14,20H,10-11,15H2,(H,26,28)(H,27,29). The summed E-state index contributed by atoms with van der Waals surface area (Å²) in [6.07, 6.45) is 2.05. The summed E-state index contributed by atoms with van der Waals surface area (Å²) in [4.78, 5) is 24.9. The first-order chi connectivity index (χ1) is 14.6. The number of halogens is 1. The van der Waals surface area contributed by atoms with Gasteiger partial charge >= 0.3 is 0 Å². The summed E-state index contributed by atoms with van der Waals surface area (Å²) in [7, 11) is 0. The first kappa shape index (κ1) is 20.0. The van der Waals surface area contributed by atoms with Crippen LogP contribution < -0.4 is 15.4 Å². The Morgan fingerprint density at radius 2 is 1.63 bits per heavy atom. The fraction of sp³-hybridized carbons (Fsp3) is 0.167. The number of anilines is 1. The van der Waals surface area contributed by atoms with E-state index in [9.17, 15) is 9.59 Å². The van der Waals surface area contributed by atoms with Crippen LogP contribution in [0, 0.1) is 0 Å². The molecule has 1 saturated carbocycles. The van der Waals surface area contributed by atoms with E-state index in [1.54, 1.807) is 54.6 Å². The summed E-state index contributed by atoms with van der Waals surface area (Å²) < 4.78 is 5.79. The van der Waals surface area contributed by atoms with Crippen LogP contribution in [0.15, 0.2) is 72.8 Å². The van der Waals surface area contributed by atoms with E-state index in [4.69, 9.17) is 16.3 Å². The van der Waals surface area contributed by atoms with Crippen molar-refractivity contribution in [3.63, 3.8) is 0 Å². The van der Waals surface area contributed by atoms with E-state index in [1.807, 2.05) is 18.2 Å². The van der Waals surface area contributed by atoms with E-state index in [-0.39, 0.29) is 17.9 Å². The lowest BCUT2D eigenvalue weighted by molar-refractivity contribution is 0.0949. The zero-order chi connectivity index (χ0) is 20.9. The van der Waals surface area contributed by atoms with Crippen molar-refractivity contribution in [2.24, 2.45) is 0 Å². The largest absolute Gasteiger partial charge is 0.489 e. The average molecular weight is 421 g/mol. The van der Waals surface area contributed by atoms with E-state index in [1.165, 1.54) is 0 Å². The molecule has 2 N–H and O–H groups in total. The summed E-state index contributed by atoms with van der Waals surface area (Å²) in [5.41, 5.74) is 2.50. The van der Waals surface area contributed by atoms with Gasteiger partial charge in [0.25, 0.3) is 11.8 Å². The number of benzene rings is 3. The van der Waals surface area contributed by atoms with Crippen LogP contribution >= 0.6 is 11.6 Å². The monoisotopic (exact) mass is 420 g/mol. The van der Waals surface area contributed by atoms with Crippen LogP contribution in [0.5, 0.6) is 5.75 Å². The fourth-order valence-corrected chi connectivity index (χ4v) is 3.17. The van der Waals surface area contributed by atoms with Gasteiger partial charge in [-0.05, 0) is 66.9 Å². The first-order valence-corrected chi connectivity index (χ1v) is 10.1. The van der Waals surface area contributed by atoms with Crippen LogP contribution in [0.25, 0.3) is 0 Å². The number of amides is 2. The second kappa shape index (κ2) is 9.01. The van der Waals surface area contributed by atoms with Crippen molar-refractivity contribution in [1.29, 1.82) is 0 Å². The molecule has 0 saturated heterocycles. The highest BCUT2D eigenvalue weighted by atomic mass is 35.5.